The van der Waals surface area contributed by atoms with Crippen LogP contribution in [0.2, 0.25) is 0 Å². The molecule has 0 aliphatic rings. The third-order valence-corrected chi connectivity index (χ3v) is 5.15. The van der Waals surface area contributed by atoms with Gasteiger partial charge in [-0.25, -0.2) is 0 Å². The molecule has 0 nitrogen and oxygen atoms in total. The molecule has 14 heavy (non-hydrogen) atoms. The molecule has 0 aromatic carbocycles. The molecule has 0 N–H and O–H groups in total. The van der Waals surface area contributed by atoms with Crippen LogP contribution >= 0.6 is 34.9 Å². The van der Waals surface area contributed by atoms with E-state index in [1.54, 1.807) is 0 Å². The van der Waals surface area contributed by atoms with Gasteiger partial charge in [-0.15, -0.1) is 23.1 Å². The standard InChI is InChI=1S/C11H18S3/c1-3-12-8-4-5-9-13-11-7-6-10(2)14-11/h6-7H,3-5,8-9H2,1-2H3. The highest BCUT2D eigenvalue weighted by Gasteiger charge is 1.96. The van der Waals surface area contributed by atoms with Gasteiger partial charge in [-0.05, 0) is 49.2 Å². The van der Waals surface area contributed by atoms with Gasteiger partial charge in [0.1, 0.15) is 0 Å². The predicted molar refractivity (Wildman–Crippen MR) is 72.0 cm³/mol. The van der Waals surface area contributed by atoms with Crippen molar-refractivity contribution in [1.29, 1.82) is 0 Å². The number of hydrogen-bond acceptors (Lipinski definition) is 3. The lowest BCUT2D eigenvalue weighted by atomic mass is 10.4. The Labute approximate surface area is 99.9 Å². The van der Waals surface area contributed by atoms with Gasteiger partial charge < -0.3 is 0 Å². The Bertz CT molecular complexity index is 242. The van der Waals surface area contributed by atoms with E-state index in [9.17, 15) is 0 Å². The normalized spacial score (nSPS) is 10.7. The molecule has 0 aliphatic heterocycles. The van der Waals surface area contributed by atoms with Crippen LogP contribution in [-0.4, -0.2) is 17.3 Å². The van der Waals surface area contributed by atoms with Crippen molar-refractivity contribution in [3.05, 3.63) is 17.0 Å². The fourth-order valence-corrected chi connectivity index (χ4v) is 3.99. The number of rotatable bonds is 7. The number of aryl methyl sites for hydroxylation is 1. The molecule has 0 aliphatic carbocycles. The van der Waals surface area contributed by atoms with Crippen molar-refractivity contribution < 1.29 is 0 Å². The number of unbranched alkanes of at least 4 members (excludes halogenated alkanes) is 1. The van der Waals surface area contributed by atoms with E-state index in [0.717, 1.165) is 0 Å². The summed E-state index contributed by atoms with van der Waals surface area (Å²) in [4.78, 5) is 1.43. The largest absolute Gasteiger partial charge is 0.162 e. The fourth-order valence-electron chi connectivity index (χ4n) is 1.11. The summed E-state index contributed by atoms with van der Waals surface area (Å²) >= 11 is 5.97. The highest BCUT2D eigenvalue weighted by molar-refractivity contribution is 8.01. The Hall–Kier alpha value is 0.400. The van der Waals surface area contributed by atoms with E-state index >= 15 is 0 Å². The summed E-state index contributed by atoms with van der Waals surface area (Å²) in [5, 5.41) is 0. The number of thiophene rings is 1. The summed E-state index contributed by atoms with van der Waals surface area (Å²) in [6.07, 6.45) is 2.73. The SMILES string of the molecule is CCSCCCCSc1ccc(C)s1. The predicted octanol–water partition coefficient (Wildman–Crippen LogP) is 4.68. The van der Waals surface area contributed by atoms with Crippen molar-refractivity contribution in [2.75, 3.05) is 17.3 Å². The zero-order chi connectivity index (χ0) is 10.2. The van der Waals surface area contributed by atoms with Crippen molar-refractivity contribution in [2.45, 2.75) is 30.9 Å². The third kappa shape index (κ3) is 5.32. The smallest absolute Gasteiger partial charge is 0.0601 e. The van der Waals surface area contributed by atoms with E-state index in [4.69, 9.17) is 0 Å². The maximum absolute atomic E-state index is 2.24. The summed E-state index contributed by atoms with van der Waals surface area (Å²) < 4.78 is 1.48. The molecule has 1 aromatic heterocycles. The molecule has 0 radical (unpaired) electrons. The van der Waals surface area contributed by atoms with E-state index in [-0.39, 0.29) is 0 Å². The molecule has 0 spiro atoms. The summed E-state index contributed by atoms with van der Waals surface area (Å²) in [7, 11) is 0. The van der Waals surface area contributed by atoms with E-state index < -0.39 is 0 Å². The molecule has 0 saturated carbocycles. The third-order valence-electron chi connectivity index (χ3n) is 1.85. The first-order chi connectivity index (χ1) is 6.83. The summed E-state index contributed by atoms with van der Waals surface area (Å²) in [6, 6.07) is 4.45. The Morgan fingerprint density at radius 3 is 2.64 bits per heavy atom. The van der Waals surface area contributed by atoms with E-state index in [1.165, 1.54) is 39.2 Å². The van der Waals surface area contributed by atoms with Crippen molar-refractivity contribution in [3.8, 4) is 0 Å². The van der Waals surface area contributed by atoms with Crippen LogP contribution in [0.3, 0.4) is 0 Å². The molecule has 1 heterocycles. The lowest BCUT2D eigenvalue weighted by molar-refractivity contribution is 0.907. The second-order valence-corrected chi connectivity index (χ2v) is 7.19. The molecule has 80 valence electrons. The highest BCUT2D eigenvalue weighted by atomic mass is 32.2. The van der Waals surface area contributed by atoms with Gasteiger partial charge in [0, 0.05) is 4.88 Å². The molecule has 0 fully saturated rings. The lowest BCUT2D eigenvalue weighted by Crippen LogP contribution is -1.83. The average Bonchev–Trinajstić information content (AvgIpc) is 2.58. The van der Waals surface area contributed by atoms with Crippen LogP contribution in [-0.2, 0) is 0 Å². The molecule has 0 unspecified atom stereocenters. The zero-order valence-electron chi connectivity index (χ0n) is 8.91. The van der Waals surface area contributed by atoms with Crippen molar-refractivity contribution in [3.63, 3.8) is 0 Å². The van der Waals surface area contributed by atoms with Gasteiger partial charge in [0.2, 0.25) is 0 Å². The first kappa shape index (κ1) is 12.5. The molecule has 0 saturated heterocycles. The van der Waals surface area contributed by atoms with Gasteiger partial charge in [-0.2, -0.15) is 11.8 Å². The quantitative estimate of drug-likeness (QED) is 0.506. The van der Waals surface area contributed by atoms with Crippen LogP contribution in [0.1, 0.15) is 24.6 Å². The monoisotopic (exact) mass is 246 g/mol. The Morgan fingerprint density at radius 1 is 1.21 bits per heavy atom. The molecule has 3 heteroatoms. The van der Waals surface area contributed by atoms with E-state index in [1.807, 2.05) is 23.1 Å². The maximum atomic E-state index is 2.24. The minimum absolute atomic E-state index is 1.26. The fraction of sp³-hybridized carbons (Fsp3) is 0.636. The lowest BCUT2D eigenvalue weighted by Gasteiger charge is -1.98. The van der Waals surface area contributed by atoms with Gasteiger partial charge in [0.15, 0.2) is 0 Å². The molecule has 1 aromatic rings. The zero-order valence-corrected chi connectivity index (χ0v) is 11.4. The first-order valence-electron chi connectivity index (χ1n) is 5.10. The van der Waals surface area contributed by atoms with Crippen LogP contribution in [0.25, 0.3) is 0 Å². The highest BCUT2D eigenvalue weighted by Crippen LogP contribution is 2.27. The van der Waals surface area contributed by atoms with Crippen LogP contribution in [0.15, 0.2) is 16.3 Å². The van der Waals surface area contributed by atoms with Crippen LogP contribution in [0.4, 0.5) is 0 Å². The second kappa shape index (κ2) is 7.66. The molecule has 1 rings (SSSR count). The van der Waals surface area contributed by atoms with E-state index in [0.29, 0.717) is 0 Å². The maximum Gasteiger partial charge on any atom is 0.0601 e. The first-order valence-corrected chi connectivity index (χ1v) is 8.05. The second-order valence-electron chi connectivity index (χ2n) is 3.12. The number of hydrogen-bond donors (Lipinski definition) is 0. The minimum Gasteiger partial charge on any atom is -0.162 e. The van der Waals surface area contributed by atoms with Crippen molar-refractivity contribution in [2.24, 2.45) is 0 Å². The van der Waals surface area contributed by atoms with Gasteiger partial charge >= 0.3 is 0 Å². The topological polar surface area (TPSA) is 0 Å². The van der Waals surface area contributed by atoms with Crippen molar-refractivity contribution in [1.82, 2.24) is 0 Å². The molecule has 0 amide bonds. The van der Waals surface area contributed by atoms with Gasteiger partial charge in [0.25, 0.3) is 0 Å². The average molecular weight is 246 g/mol. The minimum atomic E-state index is 1.26. The molecule has 0 atom stereocenters. The van der Waals surface area contributed by atoms with Crippen LogP contribution in [0.5, 0.6) is 0 Å². The van der Waals surface area contributed by atoms with Crippen molar-refractivity contribution >= 4 is 34.9 Å². The number of thioether (sulfide) groups is 2. The summed E-state index contributed by atoms with van der Waals surface area (Å²) in [6.45, 7) is 4.40. The Morgan fingerprint density at radius 2 is 2.00 bits per heavy atom. The Kier molecular flexibility index (Phi) is 6.82. The molecular formula is C11H18S3. The van der Waals surface area contributed by atoms with Gasteiger partial charge in [-0.3, -0.25) is 0 Å². The summed E-state index contributed by atoms with van der Waals surface area (Å²) in [5.74, 6) is 3.88. The van der Waals surface area contributed by atoms with Gasteiger partial charge in [0.05, 0.1) is 4.21 Å². The molecule has 0 bridgehead atoms. The van der Waals surface area contributed by atoms with Crippen LogP contribution in [0, 0.1) is 6.92 Å². The Balaban J connectivity index is 1.99. The molecular weight excluding hydrogens is 228 g/mol. The summed E-state index contributed by atoms with van der Waals surface area (Å²) in [5.41, 5.74) is 0. The van der Waals surface area contributed by atoms with Gasteiger partial charge in [-0.1, -0.05) is 6.92 Å². The van der Waals surface area contributed by atoms with E-state index in [2.05, 4.69) is 37.7 Å². The van der Waals surface area contributed by atoms with Crippen LogP contribution < -0.4 is 0 Å².